The number of nitrogens with zero attached hydrogens (tertiary/aromatic N) is 1. The molecular formula is C13H12Cl2F2N2O. The molecule has 1 heterocycles. The lowest BCUT2D eigenvalue weighted by atomic mass is 10.2. The van der Waals surface area contributed by atoms with E-state index in [0.29, 0.717) is 34.9 Å². The van der Waals surface area contributed by atoms with Gasteiger partial charge in [-0.3, -0.25) is 4.79 Å². The van der Waals surface area contributed by atoms with Gasteiger partial charge in [-0.15, -0.1) is 0 Å². The summed E-state index contributed by atoms with van der Waals surface area (Å²) >= 11 is 11.9. The molecule has 0 atom stereocenters. The molecule has 3 nitrogen and oxygen atoms in total. The van der Waals surface area contributed by atoms with Crippen molar-refractivity contribution in [2.45, 2.75) is 19.8 Å². The van der Waals surface area contributed by atoms with Crippen LogP contribution < -0.4 is 10.2 Å². The lowest BCUT2D eigenvalue weighted by Gasteiger charge is -2.18. The topological polar surface area (TPSA) is 32.3 Å². The Morgan fingerprint density at radius 3 is 2.55 bits per heavy atom. The van der Waals surface area contributed by atoms with E-state index in [9.17, 15) is 13.6 Å². The minimum absolute atomic E-state index is 0.285. The molecule has 0 unspecified atom stereocenters. The lowest BCUT2D eigenvalue weighted by Crippen LogP contribution is -2.26. The molecule has 0 bridgehead atoms. The van der Waals surface area contributed by atoms with Crippen LogP contribution in [-0.2, 0) is 4.79 Å². The highest BCUT2D eigenvalue weighted by molar-refractivity contribution is 6.42. The zero-order chi connectivity index (χ0) is 15.1. The Bertz CT molecular complexity index is 597. The average molecular weight is 321 g/mol. The Labute approximate surface area is 125 Å². The molecule has 0 aromatic heterocycles. The molecule has 0 aliphatic carbocycles. The van der Waals surface area contributed by atoms with Crippen molar-refractivity contribution in [3.63, 3.8) is 0 Å². The molecular weight excluding hydrogens is 309 g/mol. The van der Waals surface area contributed by atoms with Crippen molar-refractivity contribution in [1.29, 1.82) is 0 Å². The molecule has 1 aliphatic rings. The van der Waals surface area contributed by atoms with Crippen LogP contribution in [0.25, 0.3) is 0 Å². The van der Waals surface area contributed by atoms with Crippen LogP contribution in [0, 0.1) is 0 Å². The Morgan fingerprint density at radius 1 is 1.40 bits per heavy atom. The SMILES string of the molecule is CCN1/C(=C/C(=O)C(C)(F)F)Nc2cc(Cl)c(Cl)cc21. The number of allylic oxidation sites excluding steroid dienone is 1. The highest BCUT2D eigenvalue weighted by Gasteiger charge is 2.33. The van der Waals surface area contributed by atoms with Crippen LogP contribution in [0.4, 0.5) is 20.2 Å². The maximum Gasteiger partial charge on any atom is 0.306 e. The van der Waals surface area contributed by atoms with Gasteiger partial charge in [0.15, 0.2) is 0 Å². The van der Waals surface area contributed by atoms with Gasteiger partial charge in [0, 0.05) is 19.5 Å². The van der Waals surface area contributed by atoms with Crippen LogP contribution in [0.2, 0.25) is 10.0 Å². The van der Waals surface area contributed by atoms with Gasteiger partial charge in [0.05, 0.1) is 21.4 Å². The molecule has 0 radical (unpaired) electrons. The summed E-state index contributed by atoms with van der Waals surface area (Å²) in [5, 5.41) is 3.61. The molecule has 1 aromatic carbocycles. The number of alkyl halides is 2. The quantitative estimate of drug-likeness (QED) is 0.842. The zero-order valence-corrected chi connectivity index (χ0v) is 12.3. The number of carbonyl (C=O) groups excluding carboxylic acids is 1. The van der Waals surface area contributed by atoms with Crippen molar-refractivity contribution in [2.24, 2.45) is 0 Å². The van der Waals surface area contributed by atoms with E-state index < -0.39 is 11.7 Å². The van der Waals surface area contributed by atoms with Gasteiger partial charge in [-0.25, -0.2) is 0 Å². The summed E-state index contributed by atoms with van der Waals surface area (Å²) in [6.07, 6.45) is 0.894. The molecule has 0 saturated heterocycles. The second-order valence-electron chi connectivity index (χ2n) is 4.43. The van der Waals surface area contributed by atoms with Crippen molar-refractivity contribution in [3.8, 4) is 0 Å². The van der Waals surface area contributed by atoms with E-state index in [2.05, 4.69) is 5.32 Å². The highest BCUT2D eigenvalue weighted by Crippen LogP contribution is 2.41. The molecule has 1 N–H and O–H groups in total. The third kappa shape index (κ3) is 2.74. The van der Waals surface area contributed by atoms with E-state index in [0.717, 1.165) is 6.08 Å². The fraction of sp³-hybridized carbons (Fsp3) is 0.308. The number of nitrogens with one attached hydrogen (secondary N) is 1. The normalized spacial score (nSPS) is 16.3. The van der Waals surface area contributed by atoms with Gasteiger partial charge in [0.1, 0.15) is 5.82 Å². The molecule has 2 rings (SSSR count). The van der Waals surface area contributed by atoms with Crippen molar-refractivity contribution < 1.29 is 13.6 Å². The number of anilines is 2. The number of carbonyl (C=O) groups is 1. The minimum atomic E-state index is -3.40. The number of hydrogen-bond donors (Lipinski definition) is 1. The fourth-order valence-corrected chi connectivity index (χ4v) is 2.22. The number of rotatable bonds is 3. The van der Waals surface area contributed by atoms with Crippen LogP contribution >= 0.6 is 23.2 Å². The van der Waals surface area contributed by atoms with Crippen LogP contribution in [0.1, 0.15) is 13.8 Å². The van der Waals surface area contributed by atoms with E-state index >= 15 is 0 Å². The third-order valence-corrected chi connectivity index (χ3v) is 3.62. The highest BCUT2D eigenvalue weighted by atomic mass is 35.5. The molecule has 108 valence electrons. The second-order valence-corrected chi connectivity index (χ2v) is 5.25. The summed E-state index contributed by atoms with van der Waals surface area (Å²) in [5.74, 6) is -4.38. The van der Waals surface area contributed by atoms with Gasteiger partial charge in [-0.1, -0.05) is 23.2 Å². The Balaban J connectivity index is 2.41. The first kappa shape index (κ1) is 15.1. The summed E-state index contributed by atoms with van der Waals surface area (Å²) in [4.78, 5) is 13.1. The molecule has 1 aromatic rings. The van der Waals surface area contributed by atoms with E-state index in [4.69, 9.17) is 23.2 Å². The first-order valence-electron chi connectivity index (χ1n) is 5.91. The molecule has 0 amide bonds. The number of hydrogen-bond acceptors (Lipinski definition) is 3. The molecule has 0 fully saturated rings. The van der Waals surface area contributed by atoms with Gasteiger partial charge in [-0.05, 0) is 19.1 Å². The van der Waals surface area contributed by atoms with Crippen molar-refractivity contribution in [3.05, 3.63) is 34.1 Å². The van der Waals surface area contributed by atoms with E-state index in [1.54, 1.807) is 17.0 Å². The number of fused-ring (bicyclic) bond motifs is 1. The smallest absolute Gasteiger partial charge is 0.306 e. The largest absolute Gasteiger partial charge is 0.340 e. The van der Waals surface area contributed by atoms with Crippen molar-refractivity contribution in [2.75, 3.05) is 16.8 Å². The Morgan fingerprint density at radius 2 is 2.00 bits per heavy atom. The second kappa shape index (κ2) is 5.22. The summed E-state index contributed by atoms with van der Waals surface area (Å²) in [7, 11) is 0. The van der Waals surface area contributed by atoms with Crippen LogP contribution in [0.5, 0.6) is 0 Å². The Hall–Kier alpha value is -1.33. The maximum atomic E-state index is 13.0. The van der Waals surface area contributed by atoms with Gasteiger partial charge in [0.25, 0.3) is 0 Å². The number of ketones is 1. The molecule has 7 heteroatoms. The standard InChI is InChI=1S/C13H12Cl2F2N2O/c1-3-19-10-5-8(15)7(14)4-9(10)18-12(19)6-11(20)13(2,16)17/h4-6,18H,3H2,1-2H3/b12-6+. The van der Waals surface area contributed by atoms with Gasteiger partial charge in [-0.2, -0.15) is 8.78 Å². The van der Waals surface area contributed by atoms with Gasteiger partial charge in [0.2, 0.25) is 5.78 Å². The predicted molar refractivity (Wildman–Crippen MR) is 76.8 cm³/mol. The van der Waals surface area contributed by atoms with Crippen LogP contribution in [0.15, 0.2) is 24.0 Å². The molecule has 20 heavy (non-hydrogen) atoms. The first-order valence-corrected chi connectivity index (χ1v) is 6.67. The minimum Gasteiger partial charge on any atom is -0.340 e. The van der Waals surface area contributed by atoms with Gasteiger partial charge >= 0.3 is 5.92 Å². The third-order valence-electron chi connectivity index (χ3n) is 2.90. The van der Waals surface area contributed by atoms with Crippen molar-refractivity contribution >= 4 is 40.4 Å². The first-order chi connectivity index (χ1) is 9.24. The maximum absolute atomic E-state index is 13.0. The Kier molecular flexibility index (Phi) is 3.93. The summed E-state index contributed by atoms with van der Waals surface area (Å²) in [6, 6.07) is 3.22. The molecule has 1 aliphatic heterocycles. The summed E-state index contributed by atoms with van der Waals surface area (Å²) in [5.41, 5.74) is 1.32. The average Bonchev–Trinajstić information content (AvgIpc) is 2.65. The van der Waals surface area contributed by atoms with Crippen LogP contribution in [0.3, 0.4) is 0 Å². The lowest BCUT2D eigenvalue weighted by molar-refractivity contribution is -0.135. The summed E-state index contributed by atoms with van der Waals surface area (Å²) in [6.45, 7) is 2.90. The summed E-state index contributed by atoms with van der Waals surface area (Å²) < 4.78 is 25.9. The number of benzene rings is 1. The fourth-order valence-electron chi connectivity index (χ4n) is 1.90. The van der Waals surface area contributed by atoms with E-state index in [-0.39, 0.29) is 5.82 Å². The van der Waals surface area contributed by atoms with Gasteiger partial charge < -0.3 is 10.2 Å². The van der Waals surface area contributed by atoms with Crippen molar-refractivity contribution in [1.82, 2.24) is 0 Å². The zero-order valence-electron chi connectivity index (χ0n) is 10.8. The predicted octanol–water partition coefficient (Wildman–Crippen LogP) is 4.31. The van der Waals surface area contributed by atoms with Crippen LogP contribution in [-0.4, -0.2) is 18.3 Å². The molecule has 0 saturated carbocycles. The van der Waals surface area contributed by atoms with E-state index in [1.807, 2.05) is 6.92 Å². The number of halogens is 4. The van der Waals surface area contributed by atoms with E-state index in [1.165, 1.54) is 0 Å². The monoisotopic (exact) mass is 320 g/mol. The molecule has 0 spiro atoms.